The molecule has 2 aromatic heterocycles. The van der Waals surface area contributed by atoms with Gasteiger partial charge in [-0.1, -0.05) is 13.0 Å². The summed E-state index contributed by atoms with van der Waals surface area (Å²) in [6.45, 7) is 4.22. The van der Waals surface area contributed by atoms with Crippen molar-refractivity contribution in [1.82, 2.24) is 19.5 Å². The van der Waals surface area contributed by atoms with Crippen molar-refractivity contribution in [2.75, 3.05) is 32.9 Å². The first kappa shape index (κ1) is 27.2. The molecule has 2 N–H and O–H groups in total. The quantitative estimate of drug-likeness (QED) is 0.367. The van der Waals surface area contributed by atoms with Gasteiger partial charge in [-0.25, -0.2) is 27.1 Å². The molecule has 1 aromatic carbocycles. The average Bonchev–Trinajstić information content (AvgIpc) is 3.18. The summed E-state index contributed by atoms with van der Waals surface area (Å²) >= 11 is 0. The SMILES string of the molecule is CCC(F)F.CN1CCCC(F)(F)C1.CN=Nc1ccc(-c2ccn3nc(N)ncc23)cc1C. The molecule has 0 aliphatic carbocycles. The number of nitrogen functional groups attached to an aromatic ring is 1. The molecule has 7 nitrogen and oxygen atoms in total. The van der Waals surface area contributed by atoms with Gasteiger partial charge in [-0.15, -0.1) is 5.10 Å². The Bertz CT molecular complexity index is 1080. The summed E-state index contributed by atoms with van der Waals surface area (Å²) in [5.41, 5.74) is 10.6. The maximum atomic E-state index is 12.4. The van der Waals surface area contributed by atoms with Crippen LogP contribution < -0.4 is 5.73 Å². The molecule has 0 unspecified atom stereocenters. The van der Waals surface area contributed by atoms with Crippen molar-refractivity contribution in [2.24, 2.45) is 10.2 Å². The normalized spacial score (nSPS) is 15.7. The first-order valence-corrected chi connectivity index (χ1v) is 10.9. The standard InChI is InChI=1S/C14H14N6.C6H11F2N.C3H6F2/c1-9-7-10(3-4-12(9)18-16-2)11-5-6-20-13(11)8-17-14(15)19-20;1-9-4-2-3-6(7,8)5-9;1-2-3(4)5/h3-8H,1-2H3,(H2,15,19);2-5H2,1H3;3H,2H2,1H3. The largest absolute Gasteiger partial charge is 0.367 e. The minimum atomic E-state index is -2.42. The second-order valence-corrected chi connectivity index (χ2v) is 7.97. The molecule has 0 saturated carbocycles. The lowest BCUT2D eigenvalue weighted by Crippen LogP contribution is -2.39. The van der Waals surface area contributed by atoms with Gasteiger partial charge in [0.2, 0.25) is 12.4 Å². The van der Waals surface area contributed by atoms with E-state index >= 15 is 0 Å². The van der Waals surface area contributed by atoms with E-state index in [9.17, 15) is 17.6 Å². The molecule has 11 heteroatoms. The molecule has 1 aliphatic heterocycles. The van der Waals surface area contributed by atoms with Crippen LogP contribution in [0.5, 0.6) is 0 Å². The van der Waals surface area contributed by atoms with Crippen molar-refractivity contribution < 1.29 is 17.6 Å². The van der Waals surface area contributed by atoms with Crippen LogP contribution in [0.2, 0.25) is 0 Å². The fourth-order valence-corrected chi connectivity index (χ4v) is 3.36. The minimum absolute atomic E-state index is 0.0278. The maximum absolute atomic E-state index is 12.4. The van der Waals surface area contributed by atoms with E-state index in [4.69, 9.17) is 5.73 Å². The van der Waals surface area contributed by atoms with Crippen molar-refractivity contribution in [3.63, 3.8) is 0 Å². The molecule has 0 spiro atoms. The Kier molecular flexibility index (Phi) is 9.91. The number of azo groups is 1. The summed E-state index contributed by atoms with van der Waals surface area (Å²) in [6.07, 6.45) is 2.15. The van der Waals surface area contributed by atoms with Gasteiger partial charge >= 0.3 is 0 Å². The predicted molar refractivity (Wildman–Crippen MR) is 126 cm³/mol. The van der Waals surface area contributed by atoms with Gasteiger partial charge in [0.1, 0.15) is 0 Å². The van der Waals surface area contributed by atoms with Crippen LogP contribution in [0.4, 0.5) is 29.2 Å². The highest BCUT2D eigenvalue weighted by Gasteiger charge is 2.33. The number of aromatic nitrogens is 3. The molecule has 3 aromatic rings. The van der Waals surface area contributed by atoms with Gasteiger partial charge in [-0.05, 0) is 56.3 Å². The molecule has 1 saturated heterocycles. The molecule has 1 fully saturated rings. The number of nitrogens with two attached hydrogens (primary N) is 1. The van der Waals surface area contributed by atoms with Crippen LogP contribution in [0, 0.1) is 6.92 Å². The summed E-state index contributed by atoms with van der Waals surface area (Å²) in [6, 6.07) is 8.05. The maximum Gasteiger partial charge on any atom is 0.260 e. The zero-order chi connectivity index (χ0) is 25.3. The Balaban J connectivity index is 0.000000241. The van der Waals surface area contributed by atoms with E-state index in [0.29, 0.717) is 6.42 Å². The number of aryl methyl sites for hydroxylation is 1. The Labute approximate surface area is 196 Å². The highest BCUT2D eigenvalue weighted by atomic mass is 19.3. The zero-order valence-corrected chi connectivity index (χ0v) is 19.8. The van der Waals surface area contributed by atoms with E-state index in [1.807, 2.05) is 31.3 Å². The van der Waals surface area contributed by atoms with Gasteiger partial charge in [-0.3, -0.25) is 0 Å². The van der Waals surface area contributed by atoms with Gasteiger partial charge in [0, 0.05) is 31.6 Å². The number of likely N-dealkylation sites (tertiary alicyclic amines) is 1. The average molecular weight is 482 g/mol. The third-order valence-corrected chi connectivity index (χ3v) is 5.04. The fraction of sp³-hybridized carbons (Fsp3) is 0.478. The van der Waals surface area contributed by atoms with Crippen LogP contribution in [0.25, 0.3) is 16.6 Å². The third-order valence-electron chi connectivity index (χ3n) is 5.04. The summed E-state index contributed by atoms with van der Waals surface area (Å²) < 4.78 is 48.1. The summed E-state index contributed by atoms with van der Waals surface area (Å²) in [5.74, 6) is -2.16. The molecule has 0 amide bonds. The number of hydrogen-bond donors (Lipinski definition) is 1. The number of anilines is 1. The first-order chi connectivity index (χ1) is 16.1. The van der Waals surface area contributed by atoms with Crippen LogP contribution >= 0.6 is 0 Å². The Hall–Kier alpha value is -3.08. The van der Waals surface area contributed by atoms with Gasteiger partial charge < -0.3 is 10.6 Å². The smallest absolute Gasteiger partial charge is 0.260 e. The molecule has 3 heterocycles. The molecule has 0 radical (unpaired) electrons. The lowest BCUT2D eigenvalue weighted by Gasteiger charge is -2.28. The highest BCUT2D eigenvalue weighted by molar-refractivity contribution is 5.81. The number of alkyl halides is 4. The molecule has 186 valence electrons. The number of rotatable bonds is 3. The van der Waals surface area contributed by atoms with Crippen LogP contribution in [-0.4, -0.2) is 59.0 Å². The van der Waals surface area contributed by atoms with Crippen molar-refractivity contribution in [1.29, 1.82) is 0 Å². The number of fused-ring (bicyclic) bond motifs is 1. The Morgan fingerprint density at radius 2 is 1.94 bits per heavy atom. The van der Waals surface area contributed by atoms with Crippen LogP contribution in [-0.2, 0) is 0 Å². The number of piperidine rings is 1. The van der Waals surface area contributed by atoms with E-state index < -0.39 is 12.3 Å². The lowest BCUT2D eigenvalue weighted by molar-refractivity contribution is -0.0571. The summed E-state index contributed by atoms with van der Waals surface area (Å²) in [7, 11) is 3.39. The number of benzene rings is 1. The highest BCUT2D eigenvalue weighted by Crippen LogP contribution is 2.29. The van der Waals surface area contributed by atoms with Gasteiger partial charge in [0.25, 0.3) is 5.92 Å². The molecule has 4 rings (SSSR count). The van der Waals surface area contributed by atoms with E-state index in [0.717, 1.165) is 34.4 Å². The van der Waals surface area contributed by atoms with E-state index in [1.165, 1.54) is 6.92 Å². The van der Waals surface area contributed by atoms with Crippen molar-refractivity contribution in [3.05, 3.63) is 42.2 Å². The predicted octanol–water partition coefficient (Wildman–Crippen LogP) is 6.01. The van der Waals surface area contributed by atoms with Crippen molar-refractivity contribution >= 4 is 17.2 Å². The molecule has 34 heavy (non-hydrogen) atoms. The monoisotopic (exact) mass is 481 g/mol. The van der Waals surface area contributed by atoms with Crippen molar-refractivity contribution in [2.45, 2.75) is 45.5 Å². The topological polar surface area (TPSA) is 84.2 Å². The van der Waals surface area contributed by atoms with E-state index in [2.05, 4.69) is 26.4 Å². The lowest BCUT2D eigenvalue weighted by atomic mass is 10.0. The summed E-state index contributed by atoms with van der Waals surface area (Å²) in [5, 5.41) is 12.0. The van der Waals surface area contributed by atoms with E-state index in [1.54, 1.807) is 29.7 Å². The van der Waals surface area contributed by atoms with Crippen molar-refractivity contribution in [3.8, 4) is 11.1 Å². The minimum Gasteiger partial charge on any atom is -0.367 e. The second kappa shape index (κ2) is 12.4. The van der Waals surface area contributed by atoms with Crippen LogP contribution in [0.3, 0.4) is 0 Å². The zero-order valence-electron chi connectivity index (χ0n) is 19.8. The Morgan fingerprint density at radius 3 is 2.47 bits per heavy atom. The molecule has 0 bridgehead atoms. The third kappa shape index (κ3) is 8.05. The molecule has 1 aliphatic rings. The molecular formula is C23H31F4N7. The van der Waals surface area contributed by atoms with E-state index in [-0.39, 0.29) is 25.3 Å². The number of nitrogens with zero attached hydrogens (tertiary/aromatic N) is 6. The molecule has 0 atom stereocenters. The molecular weight excluding hydrogens is 450 g/mol. The summed E-state index contributed by atoms with van der Waals surface area (Å²) in [4.78, 5) is 5.72. The fourth-order valence-electron chi connectivity index (χ4n) is 3.36. The van der Waals surface area contributed by atoms with Crippen LogP contribution in [0.15, 0.2) is 46.9 Å². The van der Waals surface area contributed by atoms with Gasteiger partial charge in [-0.2, -0.15) is 10.2 Å². The van der Waals surface area contributed by atoms with Gasteiger partial charge in [0.15, 0.2) is 0 Å². The Morgan fingerprint density at radius 1 is 1.24 bits per heavy atom. The number of hydrogen-bond acceptors (Lipinski definition) is 6. The second-order valence-electron chi connectivity index (χ2n) is 7.97. The van der Waals surface area contributed by atoms with Gasteiger partial charge in [0.05, 0.1) is 23.9 Å². The van der Waals surface area contributed by atoms with Crippen LogP contribution in [0.1, 0.15) is 31.7 Å². The first-order valence-electron chi connectivity index (χ1n) is 10.9. The number of halogens is 4.